The van der Waals surface area contributed by atoms with Crippen LogP contribution in [0.5, 0.6) is 0 Å². The number of pyridine rings is 1. The summed E-state index contributed by atoms with van der Waals surface area (Å²) in [4.78, 5) is 39.1. The van der Waals surface area contributed by atoms with Crippen LogP contribution in [-0.2, 0) is 30.0 Å². The van der Waals surface area contributed by atoms with Crippen LogP contribution in [0.15, 0.2) is 96.2 Å². The highest BCUT2D eigenvalue weighted by Gasteiger charge is 2.50. The summed E-state index contributed by atoms with van der Waals surface area (Å²) in [5, 5.41) is 0. The van der Waals surface area contributed by atoms with Crippen molar-refractivity contribution in [3.63, 3.8) is 0 Å². The van der Waals surface area contributed by atoms with E-state index in [2.05, 4.69) is 9.98 Å². The van der Waals surface area contributed by atoms with Crippen LogP contribution in [0.2, 0.25) is 0 Å². The number of carbonyl (C=O) groups is 2. The smallest absolute Gasteiger partial charge is 0.266 e. The van der Waals surface area contributed by atoms with E-state index in [9.17, 15) is 18.4 Å². The lowest BCUT2D eigenvalue weighted by molar-refractivity contribution is -0.130. The molecule has 7 nitrogen and oxygen atoms in total. The third-order valence-electron chi connectivity index (χ3n) is 7.15. The minimum atomic E-state index is -1.62. The predicted molar refractivity (Wildman–Crippen MR) is 140 cm³/mol. The molecule has 0 saturated carbocycles. The Balaban J connectivity index is 1.29. The zero-order chi connectivity index (χ0) is 27.1. The van der Waals surface area contributed by atoms with E-state index in [4.69, 9.17) is 5.73 Å². The highest BCUT2D eigenvalue weighted by Crippen LogP contribution is 2.40. The van der Waals surface area contributed by atoms with E-state index < -0.39 is 23.1 Å². The molecule has 0 saturated heterocycles. The monoisotopic (exact) mass is 523 g/mol. The third kappa shape index (κ3) is 4.21. The fourth-order valence-corrected chi connectivity index (χ4v) is 5.19. The minimum Gasteiger partial charge on any atom is -0.369 e. The van der Waals surface area contributed by atoms with Crippen LogP contribution >= 0.6 is 0 Å². The summed E-state index contributed by atoms with van der Waals surface area (Å²) in [6.07, 6.45) is 3.06. The average Bonchev–Trinajstić information content (AvgIpc) is 3.49. The maximum Gasteiger partial charge on any atom is 0.266 e. The number of aromatic nitrogens is 1. The summed E-state index contributed by atoms with van der Waals surface area (Å²) < 4.78 is 27.5. The van der Waals surface area contributed by atoms with Gasteiger partial charge in [-0.25, -0.2) is 13.8 Å². The average molecular weight is 524 g/mol. The van der Waals surface area contributed by atoms with Crippen LogP contribution in [0.3, 0.4) is 0 Å². The molecule has 0 bridgehead atoms. The molecule has 0 atom stereocenters. The Labute approximate surface area is 223 Å². The molecular weight excluding hydrogens is 500 g/mol. The lowest BCUT2D eigenvalue weighted by atomic mass is 9.82. The van der Waals surface area contributed by atoms with Gasteiger partial charge in [0.05, 0.1) is 12.1 Å². The van der Waals surface area contributed by atoms with Crippen LogP contribution in [-0.4, -0.2) is 32.6 Å². The zero-order valence-corrected chi connectivity index (χ0v) is 20.7. The van der Waals surface area contributed by atoms with Crippen LogP contribution < -0.4 is 5.73 Å². The summed E-state index contributed by atoms with van der Waals surface area (Å²) >= 11 is 0. The standard InChI is InChI=1S/C30H23F2N5O2/c31-25-9-5-23(6-10-25)30(24-7-11-26(32)12-8-24)28(39)37(29(33)35-30)16-19-13-22(15-34-14-19)27(38)36-17-20-3-1-2-4-21(20)18-36/h1-15H,16-18H2,(H2,33,35). The van der Waals surface area contributed by atoms with E-state index in [0.29, 0.717) is 35.3 Å². The molecule has 3 heterocycles. The third-order valence-corrected chi connectivity index (χ3v) is 7.15. The number of nitrogens with two attached hydrogens (primary N) is 1. The van der Waals surface area contributed by atoms with Gasteiger partial charge in [0.2, 0.25) is 0 Å². The summed E-state index contributed by atoms with van der Waals surface area (Å²) in [7, 11) is 0. The molecule has 39 heavy (non-hydrogen) atoms. The molecule has 0 fully saturated rings. The lowest BCUT2D eigenvalue weighted by Gasteiger charge is -2.27. The summed E-state index contributed by atoms with van der Waals surface area (Å²) in [6.45, 7) is 1.04. The maximum atomic E-state index is 14.0. The number of guanidine groups is 1. The van der Waals surface area contributed by atoms with Crippen molar-refractivity contribution in [3.8, 4) is 0 Å². The molecule has 0 radical (unpaired) electrons. The molecule has 0 spiro atoms. The maximum absolute atomic E-state index is 14.0. The van der Waals surface area contributed by atoms with Gasteiger partial charge in [0.15, 0.2) is 11.5 Å². The number of carbonyl (C=O) groups excluding carboxylic acids is 2. The van der Waals surface area contributed by atoms with Crippen LogP contribution in [0, 0.1) is 11.6 Å². The van der Waals surface area contributed by atoms with E-state index >= 15 is 0 Å². The quantitative estimate of drug-likeness (QED) is 0.426. The summed E-state index contributed by atoms with van der Waals surface area (Å²) in [5.41, 5.74) is 8.65. The van der Waals surface area contributed by atoms with Crippen LogP contribution in [0.1, 0.15) is 38.2 Å². The Hall–Kier alpha value is -4.92. The van der Waals surface area contributed by atoms with Crippen molar-refractivity contribution in [1.29, 1.82) is 0 Å². The number of benzene rings is 3. The molecule has 2 N–H and O–H groups in total. The van der Waals surface area contributed by atoms with Crippen molar-refractivity contribution in [2.45, 2.75) is 25.2 Å². The number of hydrogen-bond acceptors (Lipinski definition) is 5. The minimum absolute atomic E-state index is 0.00660. The van der Waals surface area contributed by atoms with Gasteiger partial charge in [0, 0.05) is 25.5 Å². The molecule has 0 unspecified atom stereocenters. The second-order valence-electron chi connectivity index (χ2n) is 9.60. The van der Waals surface area contributed by atoms with Gasteiger partial charge >= 0.3 is 0 Å². The second kappa shape index (κ2) is 9.43. The van der Waals surface area contributed by atoms with Gasteiger partial charge in [-0.1, -0.05) is 48.5 Å². The summed E-state index contributed by atoms with van der Waals surface area (Å²) in [6, 6.07) is 20.4. The Morgan fingerprint density at radius 3 is 2.00 bits per heavy atom. The molecule has 3 aromatic carbocycles. The number of rotatable bonds is 5. The van der Waals surface area contributed by atoms with Crippen molar-refractivity contribution < 1.29 is 18.4 Å². The fourth-order valence-electron chi connectivity index (χ4n) is 5.19. The van der Waals surface area contributed by atoms with Crippen molar-refractivity contribution in [1.82, 2.24) is 14.8 Å². The van der Waals surface area contributed by atoms with E-state index in [1.807, 2.05) is 24.3 Å². The number of amides is 2. The van der Waals surface area contributed by atoms with Gasteiger partial charge in [0.25, 0.3) is 11.8 Å². The van der Waals surface area contributed by atoms with E-state index in [1.54, 1.807) is 17.2 Å². The van der Waals surface area contributed by atoms with E-state index in [1.165, 1.54) is 59.6 Å². The number of aliphatic imine (C=N–C) groups is 1. The van der Waals surface area contributed by atoms with Crippen molar-refractivity contribution in [2.24, 2.45) is 10.7 Å². The lowest BCUT2D eigenvalue weighted by Crippen LogP contribution is -2.43. The highest BCUT2D eigenvalue weighted by molar-refractivity contribution is 6.09. The second-order valence-corrected chi connectivity index (χ2v) is 9.60. The SMILES string of the molecule is NC1=NC(c2ccc(F)cc2)(c2ccc(F)cc2)C(=O)N1Cc1cncc(C(=O)N2Cc3ccccc3C2)c1. The molecular formula is C30H23F2N5O2. The molecule has 1 aromatic heterocycles. The highest BCUT2D eigenvalue weighted by atomic mass is 19.1. The Bertz CT molecular complexity index is 1550. The Kier molecular flexibility index (Phi) is 5.91. The predicted octanol–water partition coefficient (Wildman–Crippen LogP) is 4.12. The molecule has 4 aromatic rings. The van der Waals surface area contributed by atoms with Crippen molar-refractivity contribution in [2.75, 3.05) is 0 Å². The first-order chi connectivity index (χ1) is 18.8. The molecule has 9 heteroatoms. The first-order valence-corrected chi connectivity index (χ1v) is 12.3. The zero-order valence-electron chi connectivity index (χ0n) is 20.7. The molecule has 2 amide bonds. The topological polar surface area (TPSA) is 91.9 Å². The van der Waals surface area contributed by atoms with Crippen LogP contribution in [0.4, 0.5) is 8.78 Å². The van der Waals surface area contributed by atoms with Gasteiger partial charge in [0.1, 0.15) is 11.6 Å². The first kappa shape index (κ1) is 24.4. The molecule has 0 aliphatic carbocycles. The largest absolute Gasteiger partial charge is 0.369 e. The number of hydrogen-bond donors (Lipinski definition) is 1. The number of fused-ring (bicyclic) bond motifs is 1. The Morgan fingerprint density at radius 1 is 0.872 bits per heavy atom. The van der Waals surface area contributed by atoms with E-state index in [-0.39, 0.29) is 18.4 Å². The molecule has 6 rings (SSSR count). The number of halogens is 2. The van der Waals surface area contributed by atoms with Gasteiger partial charge in [-0.2, -0.15) is 0 Å². The van der Waals surface area contributed by atoms with Gasteiger partial charge in [-0.05, 0) is 58.1 Å². The number of nitrogens with zero attached hydrogens (tertiary/aromatic N) is 4. The van der Waals surface area contributed by atoms with Gasteiger partial charge < -0.3 is 10.6 Å². The molecule has 194 valence electrons. The van der Waals surface area contributed by atoms with Gasteiger partial charge in [-0.15, -0.1) is 0 Å². The first-order valence-electron chi connectivity index (χ1n) is 12.3. The van der Waals surface area contributed by atoms with Crippen molar-refractivity contribution in [3.05, 3.63) is 136 Å². The Morgan fingerprint density at radius 2 is 1.44 bits per heavy atom. The van der Waals surface area contributed by atoms with Crippen LogP contribution in [0.25, 0.3) is 0 Å². The summed E-state index contributed by atoms with van der Waals surface area (Å²) in [5.74, 6) is -1.64. The molecule has 2 aliphatic heterocycles. The molecule has 2 aliphatic rings. The van der Waals surface area contributed by atoms with Gasteiger partial charge in [-0.3, -0.25) is 19.5 Å². The van der Waals surface area contributed by atoms with Crippen molar-refractivity contribution >= 4 is 17.8 Å². The fraction of sp³-hybridized carbons (Fsp3) is 0.133. The normalized spacial score (nSPS) is 15.8. The van der Waals surface area contributed by atoms with E-state index in [0.717, 1.165) is 11.1 Å².